The Morgan fingerprint density at radius 3 is 2.88 bits per heavy atom. The molecule has 3 rings (SSSR count). The molecule has 132 valence electrons. The van der Waals surface area contributed by atoms with Gasteiger partial charge in [-0.1, -0.05) is 0 Å². The number of thioether (sulfide) groups is 1. The Balaban J connectivity index is 1.54. The molecule has 1 fully saturated rings. The van der Waals surface area contributed by atoms with Crippen molar-refractivity contribution in [2.75, 3.05) is 12.3 Å². The highest BCUT2D eigenvalue weighted by Crippen LogP contribution is 2.32. The van der Waals surface area contributed by atoms with Gasteiger partial charge in [0.2, 0.25) is 5.91 Å². The zero-order valence-electron chi connectivity index (χ0n) is 12.9. The molecule has 2 aliphatic rings. The van der Waals surface area contributed by atoms with Gasteiger partial charge >= 0.3 is 0 Å². The van der Waals surface area contributed by atoms with Gasteiger partial charge in [0, 0.05) is 24.4 Å². The molecular weight excluding hydrogens is 368 g/mol. The van der Waals surface area contributed by atoms with Crippen LogP contribution in [0.15, 0.2) is 39.2 Å². The third-order valence-electron chi connectivity index (χ3n) is 3.53. The quantitative estimate of drug-likeness (QED) is 0.759. The summed E-state index contributed by atoms with van der Waals surface area (Å²) >= 11 is 0.781. The second-order valence-corrected chi connectivity index (χ2v) is 8.36. The number of amides is 3. The standard InChI is InChI=1S/C15H14N2O6S2/c18-13(16-10-4-7-25(21,22)9-10)3-5-17-14(19)12(24-15(17)20)8-11-2-1-6-23-11/h1-2,4,6-8,10H,3,5,9H2,(H,16,18)/b12-8+/t10-/m0/s1. The van der Waals surface area contributed by atoms with Crippen LogP contribution in [0.5, 0.6) is 0 Å². The number of nitrogens with zero attached hydrogens (tertiary/aromatic N) is 1. The molecule has 25 heavy (non-hydrogen) atoms. The lowest BCUT2D eigenvalue weighted by Crippen LogP contribution is -2.38. The number of imide groups is 1. The molecule has 0 aliphatic carbocycles. The van der Waals surface area contributed by atoms with E-state index in [9.17, 15) is 22.8 Å². The molecule has 1 aromatic heterocycles. The van der Waals surface area contributed by atoms with Crippen LogP contribution >= 0.6 is 11.8 Å². The molecule has 1 N–H and O–H groups in total. The summed E-state index contributed by atoms with van der Waals surface area (Å²) in [6, 6.07) is 2.74. The first-order valence-corrected chi connectivity index (χ1v) is 9.86. The number of hydrogen-bond acceptors (Lipinski definition) is 7. The van der Waals surface area contributed by atoms with E-state index in [1.54, 1.807) is 12.1 Å². The first-order chi connectivity index (χ1) is 11.8. The zero-order chi connectivity index (χ0) is 18.0. The summed E-state index contributed by atoms with van der Waals surface area (Å²) in [5.74, 6) is -0.632. The number of rotatable bonds is 5. The maximum atomic E-state index is 12.2. The molecule has 8 nitrogen and oxygen atoms in total. The van der Waals surface area contributed by atoms with Crippen molar-refractivity contribution in [3.8, 4) is 0 Å². The fourth-order valence-corrected chi connectivity index (χ4v) is 4.43. The van der Waals surface area contributed by atoms with E-state index in [1.807, 2.05) is 0 Å². The first-order valence-electron chi connectivity index (χ1n) is 7.33. The Labute approximate surface area is 147 Å². The fourth-order valence-electron chi connectivity index (χ4n) is 2.35. The van der Waals surface area contributed by atoms with Crippen molar-refractivity contribution in [1.29, 1.82) is 0 Å². The molecule has 0 spiro atoms. The van der Waals surface area contributed by atoms with E-state index in [4.69, 9.17) is 4.42 Å². The van der Waals surface area contributed by atoms with Crippen LogP contribution in [0.25, 0.3) is 6.08 Å². The first kappa shape index (κ1) is 17.5. The molecule has 2 aliphatic heterocycles. The normalized spacial score (nSPS) is 23.6. The second kappa shape index (κ2) is 6.89. The van der Waals surface area contributed by atoms with Gasteiger partial charge in [0.05, 0.1) is 23.0 Å². The van der Waals surface area contributed by atoms with Gasteiger partial charge in [-0.05, 0) is 30.0 Å². The summed E-state index contributed by atoms with van der Waals surface area (Å²) in [6.45, 7) is -0.0742. The lowest BCUT2D eigenvalue weighted by Gasteiger charge is -2.14. The van der Waals surface area contributed by atoms with Gasteiger partial charge in [0.25, 0.3) is 11.1 Å². The van der Waals surface area contributed by atoms with E-state index in [1.165, 1.54) is 18.4 Å². The van der Waals surface area contributed by atoms with Gasteiger partial charge in [0.15, 0.2) is 9.84 Å². The maximum Gasteiger partial charge on any atom is 0.293 e. The van der Waals surface area contributed by atoms with Crippen molar-refractivity contribution >= 4 is 44.7 Å². The summed E-state index contributed by atoms with van der Waals surface area (Å²) < 4.78 is 27.7. The highest BCUT2D eigenvalue weighted by molar-refractivity contribution is 8.18. The smallest absolute Gasteiger partial charge is 0.293 e. The summed E-state index contributed by atoms with van der Waals surface area (Å²) in [6.07, 6.45) is 4.23. The molecule has 0 radical (unpaired) electrons. The van der Waals surface area contributed by atoms with Crippen LogP contribution in [0, 0.1) is 0 Å². The molecule has 1 aromatic rings. The lowest BCUT2D eigenvalue weighted by molar-refractivity contribution is -0.124. The molecular formula is C15H14N2O6S2. The Bertz CT molecular complexity index is 870. The van der Waals surface area contributed by atoms with Gasteiger partial charge in [-0.3, -0.25) is 19.3 Å². The molecule has 3 amide bonds. The number of carbonyl (C=O) groups is 3. The highest BCUT2D eigenvalue weighted by Gasteiger charge is 2.35. The van der Waals surface area contributed by atoms with Crippen molar-refractivity contribution in [3.05, 3.63) is 40.5 Å². The Kier molecular flexibility index (Phi) is 4.82. The van der Waals surface area contributed by atoms with E-state index >= 15 is 0 Å². The molecule has 0 aromatic carbocycles. The molecule has 0 bridgehead atoms. The lowest BCUT2D eigenvalue weighted by atomic mass is 10.3. The predicted molar refractivity (Wildman–Crippen MR) is 90.9 cm³/mol. The molecule has 0 unspecified atom stereocenters. The molecule has 1 atom stereocenters. The minimum absolute atomic E-state index is 0.0742. The van der Waals surface area contributed by atoms with E-state index in [0.717, 1.165) is 22.1 Å². The number of carbonyl (C=O) groups excluding carboxylic acids is 3. The van der Waals surface area contributed by atoms with Crippen molar-refractivity contribution < 1.29 is 27.2 Å². The maximum absolute atomic E-state index is 12.2. The van der Waals surface area contributed by atoms with Crippen LogP contribution in [0.3, 0.4) is 0 Å². The SMILES string of the molecule is O=C(CCN1C(=O)S/C(=C/c2ccco2)C1=O)N[C@H]1C=CS(=O)(=O)C1. The summed E-state index contributed by atoms with van der Waals surface area (Å²) in [5.41, 5.74) is 0. The summed E-state index contributed by atoms with van der Waals surface area (Å²) in [7, 11) is -3.26. The third-order valence-corrected chi connectivity index (χ3v) is 5.83. The van der Waals surface area contributed by atoms with Crippen LogP contribution in [0.1, 0.15) is 12.2 Å². The van der Waals surface area contributed by atoms with Gasteiger partial charge in [-0.25, -0.2) is 8.42 Å². The largest absolute Gasteiger partial charge is 0.465 e. The van der Waals surface area contributed by atoms with Crippen LogP contribution in [-0.4, -0.2) is 48.7 Å². The van der Waals surface area contributed by atoms with Crippen LogP contribution in [0.4, 0.5) is 4.79 Å². The van der Waals surface area contributed by atoms with Crippen molar-refractivity contribution in [2.45, 2.75) is 12.5 Å². The third kappa shape index (κ3) is 4.20. The monoisotopic (exact) mass is 382 g/mol. The fraction of sp³-hybridized carbons (Fsp3) is 0.267. The summed E-state index contributed by atoms with van der Waals surface area (Å²) in [4.78, 5) is 37.3. The van der Waals surface area contributed by atoms with Gasteiger partial charge in [-0.15, -0.1) is 0 Å². The second-order valence-electron chi connectivity index (χ2n) is 5.43. The zero-order valence-corrected chi connectivity index (χ0v) is 14.5. The Hall–Kier alpha value is -2.33. The average molecular weight is 382 g/mol. The van der Waals surface area contributed by atoms with Crippen LogP contribution in [0.2, 0.25) is 0 Å². The summed E-state index contributed by atoms with van der Waals surface area (Å²) in [5, 5.41) is 3.15. The Morgan fingerprint density at radius 2 is 2.24 bits per heavy atom. The number of hydrogen-bond donors (Lipinski definition) is 1. The van der Waals surface area contributed by atoms with Crippen molar-refractivity contribution in [2.24, 2.45) is 0 Å². The number of nitrogens with one attached hydrogen (secondary N) is 1. The minimum atomic E-state index is -3.26. The molecule has 0 saturated carbocycles. The van der Waals surface area contributed by atoms with E-state index in [0.29, 0.717) is 5.76 Å². The van der Waals surface area contributed by atoms with Crippen LogP contribution in [-0.2, 0) is 19.4 Å². The van der Waals surface area contributed by atoms with Gasteiger partial charge in [0.1, 0.15) is 5.76 Å². The highest BCUT2D eigenvalue weighted by atomic mass is 32.2. The topological polar surface area (TPSA) is 114 Å². The predicted octanol–water partition coefficient (Wildman–Crippen LogP) is 1.13. The van der Waals surface area contributed by atoms with Gasteiger partial charge < -0.3 is 9.73 Å². The van der Waals surface area contributed by atoms with E-state index in [2.05, 4.69) is 5.32 Å². The number of furan rings is 1. The molecule has 10 heteroatoms. The van der Waals surface area contributed by atoms with Crippen LogP contribution < -0.4 is 5.32 Å². The number of sulfone groups is 1. The molecule has 3 heterocycles. The van der Waals surface area contributed by atoms with Gasteiger partial charge in [-0.2, -0.15) is 0 Å². The molecule has 1 saturated heterocycles. The Morgan fingerprint density at radius 1 is 1.44 bits per heavy atom. The average Bonchev–Trinajstić information content (AvgIpc) is 3.21. The van der Waals surface area contributed by atoms with E-state index < -0.39 is 32.9 Å². The van der Waals surface area contributed by atoms with Crippen molar-refractivity contribution in [3.63, 3.8) is 0 Å². The minimum Gasteiger partial charge on any atom is -0.465 e. The van der Waals surface area contributed by atoms with E-state index in [-0.39, 0.29) is 23.6 Å². The van der Waals surface area contributed by atoms with Crippen molar-refractivity contribution in [1.82, 2.24) is 10.2 Å².